The van der Waals surface area contributed by atoms with Crippen LogP contribution in [0.4, 0.5) is 11.4 Å². The van der Waals surface area contributed by atoms with Crippen LogP contribution in [0, 0.1) is 0 Å². The second-order valence-electron chi connectivity index (χ2n) is 10.2. The summed E-state index contributed by atoms with van der Waals surface area (Å²) in [4.78, 5) is 27.2. The Morgan fingerprint density at radius 3 is 1.95 bits per heavy atom. The molecule has 0 bridgehead atoms. The first-order valence-electron chi connectivity index (χ1n) is 13.3. The Hall–Kier alpha value is -3.75. The number of rotatable bonds is 7. The van der Waals surface area contributed by atoms with Crippen LogP contribution in [0.5, 0.6) is 11.5 Å². The number of amides is 1. The van der Waals surface area contributed by atoms with Crippen LogP contribution in [-0.2, 0) is 15.1 Å². The van der Waals surface area contributed by atoms with Gasteiger partial charge in [-0.2, -0.15) is 0 Å². The summed E-state index contributed by atoms with van der Waals surface area (Å²) in [5, 5.41) is 2.72. The molecule has 3 N–H and O–H groups in total. The van der Waals surface area contributed by atoms with E-state index in [-0.39, 0.29) is 24.3 Å². The molecule has 9 heteroatoms. The number of hydrogen-bond donors (Lipinski definition) is 2. The first kappa shape index (κ1) is 30.8. The molecule has 3 aromatic rings. The van der Waals surface area contributed by atoms with Crippen LogP contribution in [0.3, 0.4) is 0 Å². The molecular formula is C31H39ClN4O4. The third-order valence-corrected chi connectivity index (χ3v) is 6.97. The van der Waals surface area contributed by atoms with Crippen molar-refractivity contribution in [2.75, 3.05) is 51.1 Å². The van der Waals surface area contributed by atoms with E-state index in [9.17, 15) is 9.59 Å². The lowest BCUT2D eigenvalue weighted by molar-refractivity contribution is -0.118. The third kappa shape index (κ3) is 6.03. The zero-order chi connectivity index (χ0) is 28.2. The molecule has 1 spiro atoms. The average Bonchev–Trinajstić information content (AvgIpc) is 3.21. The molecule has 5 rings (SSSR count). The molecule has 2 heterocycles. The Morgan fingerprint density at radius 2 is 1.43 bits per heavy atom. The smallest absolute Gasteiger partial charge is 0.340 e. The zero-order valence-corrected chi connectivity index (χ0v) is 24.6. The third-order valence-electron chi connectivity index (χ3n) is 6.97. The first-order chi connectivity index (χ1) is 18.7. The summed E-state index contributed by atoms with van der Waals surface area (Å²) in [5.41, 5.74) is 9.44. The summed E-state index contributed by atoms with van der Waals surface area (Å²) in [7, 11) is 7.96. The largest absolute Gasteiger partial charge is 0.456 e. The van der Waals surface area contributed by atoms with Crippen LogP contribution >= 0.6 is 12.4 Å². The van der Waals surface area contributed by atoms with E-state index in [4.69, 9.17) is 15.2 Å². The van der Waals surface area contributed by atoms with Gasteiger partial charge in [-0.3, -0.25) is 4.79 Å². The number of benzene rings is 3. The van der Waals surface area contributed by atoms with Gasteiger partial charge in [-0.1, -0.05) is 24.6 Å². The van der Waals surface area contributed by atoms with Crippen molar-refractivity contribution < 1.29 is 19.1 Å². The molecule has 0 radical (unpaired) electrons. The number of hydrogen-bond acceptors (Lipinski definition) is 7. The predicted molar refractivity (Wildman–Crippen MR) is 162 cm³/mol. The van der Waals surface area contributed by atoms with E-state index in [2.05, 4.69) is 5.32 Å². The quantitative estimate of drug-likeness (QED) is 0.305. The monoisotopic (exact) mass is 566 g/mol. The fourth-order valence-electron chi connectivity index (χ4n) is 4.92. The van der Waals surface area contributed by atoms with Gasteiger partial charge >= 0.3 is 5.97 Å². The number of nitrogens with one attached hydrogen (secondary N) is 1. The van der Waals surface area contributed by atoms with E-state index < -0.39 is 5.60 Å². The number of esters is 1. The van der Waals surface area contributed by atoms with Crippen LogP contribution in [0.1, 0.15) is 53.2 Å². The number of anilines is 2. The Balaban J connectivity index is 0.000000346. The van der Waals surface area contributed by atoms with E-state index in [1.54, 1.807) is 0 Å². The number of nitrogens with two attached hydrogens (primary N) is 1. The maximum absolute atomic E-state index is 12.8. The Bertz CT molecular complexity index is 1300. The molecule has 2 aliphatic heterocycles. The Labute approximate surface area is 242 Å². The van der Waals surface area contributed by atoms with Gasteiger partial charge in [0.2, 0.25) is 5.91 Å². The lowest BCUT2D eigenvalue weighted by Gasteiger charge is -2.37. The van der Waals surface area contributed by atoms with E-state index in [0.717, 1.165) is 60.4 Å². The molecule has 3 aromatic carbocycles. The molecule has 0 atom stereocenters. The van der Waals surface area contributed by atoms with Gasteiger partial charge in [-0.05, 0) is 49.7 Å². The highest BCUT2D eigenvalue weighted by molar-refractivity contribution is 5.97. The fraction of sp³-hybridized carbons (Fsp3) is 0.355. The van der Waals surface area contributed by atoms with Gasteiger partial charge in [0.25, 0.3) is 0 Å². The minimum atomic E-state index is -1.01. The Morgan fingerprint density at radius 1 is 0.850 bits per heavy atom. The lowest BCUT2D eigenvalue weighted by atomic mass is 9.77. The summed E-state index contributed by atoms with van der Waals surface area (Å²) in [5.74, 6) is 1.13. The van der Waals surface area contributed by atoms with Gasteiger partial charge in [0.15, 0.2) is 5.60 Å². The summed E-state index contributed by atoms with van der Waals surface area (Å²) in [6, 6.07) is 19.7. The standard InChI is InChI=1S/C24H22N2O3.C7H16N2O.ClH/c1-25(2)15-9-11-19-21(13-15)28-22-14-16(26(3)4)10-12-20(22)24(19)18-8-6-5-7-17(18)23(27)29-24;1-7(10)9-6-4-2-3-5-8;/h5-14H,1-4H3;2-6,8H2,1H3,(H,9,10);1H. The van der Waals surface area contributed by atoms with Gasteiger partial charge < -0.3 is 30.3 Å². The average molecular weight is 567 g/mol. The highest BCUT2D eigenvalue weighted by Crippen LogP contribution is 2.56. The van der Waals surface area contributed by atoms with Gasteiger partial charge in [0.1, 0.15) is 11.5 Å². The van der Waals surface area contributed by atoms with Gasteiger partial charge in [0, 0.05) is 81.9 Å². The molecular weight excluding hydrogens is 528 g/mol. The minimum Gasteiger partial charge on any atom is -0.456 e. The summed E-state index contributed by atoms with van der Waals surface area (Å²) in [6.07, 6.45) is 3.20. The van der Waals surface area contributed by atoms with E-state index in [0.29, 0.717) is 17.1 Å². The van der Waals surface area contributed by atoms with Crippen molar-refractivity contribution in [2.24, 2.45) is 5.73 Å². The number of halogens is 1. The Kier molecular flexibility index (Phi) is 10.1. The van der Waals surface area contributed by atoms with Crippen molar-refractivity contribution in [1.82, 2.24) is 5.32 Å². The zero-order valence-electron chi connectivity index (χ0n) is 23.8. The van der Waals surface area contributed by atoms with Crippen molar-refractivity contribution in [2.45, 2.75) is 31.8 Å². The molecule has 40 heavy (non-hydrogen) atoms. The summed E-state index contributed by atoms with van der Waals surface area (Å²) in [6.45, 7) is 3.07. The van der Waals surface area contributed by atoms with Gasteiger partial charge in [-0.15, -0.1) is 12.4 Å². The molecule has 0 unspecified atom stereocenters. The van der Waals surface area contributed by atoms with Crippen LogP contribution in [0.2, 0.25) is 0 Å². The lowest BCUT2D eigenvalue weighted by Crippen LogP contribution is -2.33. The molecule has 0 saturated heterocycles. The summed E-state index contributed by atoms with van der Waals surface area (Å²) < 4.78 is 12.5. The van der Waals surface area contributed by atoms with Crippen molar-refractivity contribution in [3.8, 4) is 11.5 Å². The molecule has 0 fully saturated rings. The van der Waals surface area contributed by atoms with Crippen molar-refractivity contribution in [3.05, 3.63) is 82.9 Å². The maximum atomic E-state index is 12.8. The summed E-state index contributed by atoms with van der Waals surface area (Å²) >= 11 is 0. The predicted octanol–water partition coefficient (Wildman–Crippen LogP) is 5.06. The van der Waals surface area contributed by atoms with Crippen LogP contribution in [0.25, 0.3) is 0 Å². The number of unbranched alkanes of at least 4 members (excludes halogenated alkanes) is 2. The SMILES string of the molecule is CC(=O)NCCCCCN.CN(C)c1ccc2c(c1)Oc1cc(N(C)C)ccc1C21OC(=O)c2ccccc21.Cl. The van der Waals surface area contributed by atoms with Gasteiger partial charge in [0.05, 0.1) is 5.56 Å². The van der Waals surface area contributed by atoms with Crippen molar-refractivity contribution in [1.29, 1.82) is 0 Å². The first-order valence-corrected chi connectivity index (χ1v) is 13.3. The maximum Gasteiger partial charge on any atom is 0.340 e. The molecule has 8 nitrogen and oxygen atoms in total. The number of ether oxygens (including phenoxy) is 2. The second-order valence-corrected chi connectivity index (χ2v) is 10.2. The number of carbonyl (C=O) groups excluding carboxylic acids is 2. The highest BCUT2D eigenvalue weighted by Gasteiger charge is 2.53. The van der Waals surface area contributed by atoms with Crippen molar-refractivity contribution >= 4 is 35.7 Å². The topological polar surface area (TPSA) is 97.1 Å². The highest BCUT2D eigenvalue weighted by atomic mass is 35.5. The minimum absolute atomic E-state index is 0. The van der Waals surface area contributed by atoms with Crippen molar-refractivity contribution in [3.63, 3.8) is 0 Å². The number of fused-ring (bicyclic) bond motifs is 6. The molecule has 1 amide bonds. The fourth-order valence-corrected chi connectivity index (χ4v) is 4.92. The molecule has 214 valence electrons. The molecule has 0 saturated carbocycles. The molecule has 0 aromatic heterocycles. The number of carbonyl (C=O) groups is 2. The number of nitrogens with zero attached hydrogens (tertiary/aromatic N) is 2. The van der Waals surface area contributed by atoms with E-state index in [1.807, 2.05) is 98.7 Å². The molecule has 2 aliphatic rings. The van der Waals surface area contributed by atoms with Crippen LogP contribution in [-0.4, -0.2) is 53.2 Å². The van der Waals surface area contributed by atoms with Crippen LogP contribution < -0.4 is 25.6 Å². The second kappa shape index (κ2) is 13.1. The molecule has 0 aliphatic carbocycles. The van der Waals surface area contributed by atoms with E-state index in [1.165, 1.54) is 6.92 Å². The van der Waals surface area contributed by atoms with Gasteiger partial charge in [-0.25, -0.2) is 4.79 Å². The normalized spacial score (nSPS) is 13.3. The van der Waals surface area contributed by atoms with Crippen LogP contribution in [0.15, 0.2) is 60.7 Å². The van der Waals surface area contributed by atoms with E-state index >= 15 is 0 Å².